The van der Waals surface area contributed by atoms with Crippen molar-refractivity contribution in [2.24, 2.45) is 23.7 Å². The molecule has 20 heavy (non-hydrogen) atoms. The van der Waals surface area contributed by atoms with Crippen molar-refractivity contribution < 1.29 is 4.74 Å². The quantitative estimate of drug-likeness (QED) is 0.745. The van der Waals surface area contributed by atoms with E-state index in [0.29, 0.717) is 6.10 Å². The monoisotopic (exact) mass is 272 g/mol. The summed E-state index contributed by atoms with van der Waals surface area (Å²) in [5, 5.41) is 0. The molecule has 0 spiro atoms. The molecule has 2 aliphatic carbocycles. The summed E-state index contributed by atoms with van der Waals surface area (Å²) in [6.07, 6.45) is 7.43. The van der Waals surface area contributed by atoms with Gasteiger partial charge in [0.1, 0.15) is 0 Å². The third-order valence-corrected chi connectivity index (χ3v) is 5.45. The third-order valence-electron chi connectivity index (χ3n) is 5.45. The maximum atomic E-state index is 6.41. The highest BCUT2D eigenvalue weighted by molar-refractivity contribution is 5.13. The molecule has 2 fully saturated rings. The molecule has 0 aliphatic heterocycles. The highest BCUT2D eigenvalue weighted by Crippen LogP contribution is 2.47. The maximum Gasteiger partial charge on any atom is 0.0720 e. The second kappa shape index (κ2) is 6.30. The zero-order chi connectivity index (χ0) is 13.9. The smallest absolute Gasteiger partial charge is 0.0720 e. The summed E-state index contributed by atoms with van der Waals surface area (Å²) in [6.45, 7) is 5.56. The Bertz CT molecular complexity index is 411. The number of benzene rings is 1. The van der Waals surface area contributed by atoms with Crippen LogP contribution in [0.15, 0.2) is 30.3 Å². The second-order valence-electron chi connectivity index (χ2n) is 7.10. The average molecular weight is 272 g/mol. The molecule has 0 amide bonds. The first-order valence-corrected chi connectivity index (χ1v) is 8.41. The Morgan fingerprint density at radius 1 is 1.05 bits per heavy atom. The predicted octanol–water partition coefficient (Wildman–Crippen LogP) is 5.05. The summed E-state index contributed by atoms with van der Waals surface area (Å²) in [5.41, 5.74) is 1.31. The number of hydrogen-bond acceptors (Lipinski definition) is 1. The molecule has 110 valence electrons. The Hall–Kier alpha value is -0.820. The van der Waals surface area contributed by atoms with Crippen molar-refractivity contribution in [3.63, 3.8) is 0 Å². The fourth-order valence-corrected chi connectivity index (χ4v) is 4.65. The van der Waals surface area contributed by atoms with Gasteiger partial charge in [-0.2, -0.15) is 0 Å². The first-order chi connectivity index (χ1) is 9.76. The van der Waals surface area contributed by atoms with Gasteiger partial charge in [-0.25, -0.2) is 0 Å². The van der Waals surface area contributed by atoms with Crippen LogP contribution in [0.2, 0.25) is 0 Å². The second-order valence-corrected chi connectivity index (χ2v) is 7.10. The first kappa shape index (κ1) is 14.1. The molecule has 1 aromatic rings. The normalized spacial score (nSPS) is 36.8. The van der Waals surface area contributed by atoms with Gasteiger partial charge in [0.2, 0.25) is 0 Å². The zero-order valence-electron chi connectivity index (χ0n) is 12.9. The minimum Gasteiger partial charge on any atom is -0.373 e. The van der Waals surface area contributed by atoms with Crippen molar-refractivity contribution in [2.75, 3.05) is 0 Å². The minimum atomic E-state index is 0.499. The summed E-state index contributed by atoms with van der Waals surface area (Å²) < 4.78 is 6.41. The SMILES string of the molecule is CCC1CC2CC(C)CC(C2)C1OCc1ccccc1. The van der Waals surface area contributed by atoms with E-state index >= 15 is 0 Å². The van der Waals surface area contributed by atoms with E-state index in [2.05, 4.69) is 44.2 Å². The van der Waals surface area contributed by atoms with E-state index < -0.39 is 0 Å². The lowest BCUT2D eigenvalue weighted by molar-refractivity contribution is -0.0925. The van der Waals surface area contributed by atoms with Gasteiger partial charge >= 0.3 is 0 Å². The van der Waals surface area contributed by atoms with Crippen LogP contribution in [-0.4, -0.2) is 6.10 Å². The summed E-state index contributed by atoms with van der Waals surface area (Å²) in [6, 6.07) is 10.6. The fourth-order valence-electron chi connectivity index (χ4n) is 4.65. The van der Waals surface area contributed by atoms with Crippen LogP contribution >= 0.6 is 0 Å². The predicted molar refractivity (Wildman–Crippen MR) is 83.4 cm³/mol. The molecule has 0 heterocycles. The van der Waals surface area contributed by atoms with Crippen LogP contribution in [-0.2, 0) is 11.3 Å². The molecular weight excluding hydrogens is 244 g/mol. The van der Waals surface area contributed by atoms with Crippen LogP contribution in [0, 0.1) is 23.7 Å². The van der Waals surface area contributed by atoms with E-state index in [1.165, 1.54) is 37.7 Å². The lowest BCUT2D eigenvalue weighted by Crippen LogP contribution is -2.42. The standard InChI is InChI=1S/C19H28O/c1-3-17-11-16-9-14(2)10-18(12-16)19(17)20-13-15-7-5-4-6-8-15/h4-8,14,16-19H,3,9-13H2,1-2H3. The number of rotatable bonds is 4. The van der Waals surface area contributed by atoms with E-state index in [1.807, 2.05) is 0 Å². The summed E-state index contributed by atoms with van der Waals surface area (Å²) in [5.74, 6) is 3.48. The van der Waals surface area contributed by atoms with Gasteiger partial charge in [-0.3, -0.25) is 0 Å². The van der Waals surface area contributed by atoms with Gasteiger partial charge < -0.3 is 4.74 Å². The Labute approximate surface area is 123 Å². The van der Waals surface area contributed by atoms with Crippen molar-refractivity contribution in [2.45, 2.75) is 58.7 Å². The molecule has 0 aromatic heterocycles. The van der Waals surface area contributed by atoms with E-state index in [1.54, 1.807) is 0 Å². The lowest BCUT2D eigenvalue weighted by atomic mass is 9.63. The average Bonchev–Trinajstić information content (AvgIpc) is 2.46. The first-order valence-electron chi connectivity index (χ1n) is 8.41. The minimum absolute atomic E-state index is 0.499. The molecule has 3 rings (SSSR count). The highest BCUT2D eigenvalue weighted by atomic mass is 16.5. The van der Waals surface area contributed by atoms with Crippen LogP contribution in [0.25, 0.3) is 0 Å². The molecule has 5 atom stereocenters. The van der Waals surface area contributed by atoms with Gasteiger partial charge in [-0.05, 0) is 54.9 Å². The molecule has 1 heteroatoms. The summed E-state index contributed by atoms with van der Waals surface area (Å²) in [7, 11) is 0. The van der Waals surface area contributed by atoms with Crippen LogP contribution in [0.1, 0.15) is 51.5 Å². The van der Waals surface area contributed by atoms with Crippen LogP contribution < -0.4 is 0 Å². The van der Waals surface area contributed by atoms with Crippen LogP contribution in [0.4, 0.5) is 0 Å². The lowest BCUT2D eigenvalue weighted by Gasteiger charge is -2.47. The summed E-state index contributed by atoms with van der Waals surface area (Å²) in [4.78, 5) is 0. The number of ether oxygens (including phenoxy) is 1. The van der Waals surface area contributed by atoms with Crippen molar-refractivity contribution >= 4 is 0 Å². The Balaban J connectivity index is 1.66. The molecule has 2 saturated carbocycles. The maximum absolute atomic E-state index is 6.41. The Kier molecular flexibility index (Phi) is 4.45. The molecule has 2 bridgehead atoms. The molecule has 0 radical (unpaired) electrons. The van der Waals surface area contributed by atoms with Crippen molar-refractivity contribution in [3.8, 4) is 0 Å². The van der Waals surface area contributed by atoms with Gasteiger partial charge in [0.25, 0.3) is 0 Å². The van der Waals surface area contributed by atoms with Crippen LogP contribution in [0.3, 0.4) is 0 Å². The molecule has 2 aliphatic rings. The van der Waals surface area contributed by atoms with E-state index in [-0.39, 0.29) is 0 Å². The number of fused-ring (bicyclic) bond motifs is 2. The molecule has 0 saturated heterocycles. The van der Waals surface area contributed by atoms with Gasteiger partial charge in [0, 0.05) is 0 Å². The van der Waals surface area contributed by atoms with Gasteiger partial charge in [0.15, 0.2) is 0 Å². The Morgan fingerprint density at radius 3 is 2.60 bits per heavy atom. The molecule has 1 aromatic carbocycles. The van der Waals surface area contributed by atoms with Crippen LogP contribution in [0.5, 0.6) is 0 Å². The van der Waals surface area contributed by atoms with Gasteiger partial charge in [-0.15, -0.1) is 0 Å². The van der Waals surface area contributed by atoms with E-state index in [0.717, 1.165) is 30.3 Å². The van der Waals surface area contributed by atoms with Gasteiger partial charge in [0.05, 0.1) is 12.7 Å². The Morgan fingerprint density at radius 2 is 1.85 bits per heavy atom. The van der Waals surface area contributed by atoms with E-state index in [4.69, 9.17) is 4.74 Å². The molecule has 0 N–H and O–H groups in total. The topological polar surface area (TPSA) is 9.23 Å². The van der Waals surface area contributed by atoms with Crippen molar-refractivity contribution in [3.05, 3.63) is 35.9 Å². The largest absolute Gasteiger partial charge is 0.373 e. The molecular formula is C19H28O. The van der Waals surface area contributed by atoms with Gasteiger partial charge in [-0.1, -0.05) is 50.6 Å². The molecule has 5 unspecified atom stereocenters. The summed E-state index contributed by atoms with van der Waals surface area (Å²) >= 11 is 0. The van der Waals surface area contributed by atoms with Crippen molar-refractivity contribution in [1.82, 2.24) is 0 Å². The number of hydrogen-bond donors (Lipinski definition) is 0. The third kappa shape index (κ3) is 3.09. The van der Waals surface area contributed by atoms with Crippen molar-refractivity contribution in [1.29, 1.82) is 0 Å². The highest BCUT2D eigenvalue weighted by Gasteiger charge is 2.41. The fraction of sp³-hybridized carbons (Fsp3) is 0.684. The van der Waals surface area contributed by atoms with E-state index in [9.17, 15) is 0 Å². The zero-order valence-corrected chi connectivity index (χ0v) is 12.9. The molecule has 1 nitrogen and oxygen atoms in total.